The number of nitrogens with one attached hydrogen (secondary N) is 2. The molecular weight excluding hydrogens is 186 g/mol. The molecule has 0 amide bonds. The van der Waals surface area contributed by atoms with E-state index in [1.54, 1.807) is 0 Å². The van der Waals surface area contributed by atoms with Crippen LogP contribution in [-0.2, 0) is 14.3 Å². The SMILES string of the molecule is COC(=O)/C(C=N)=N/NCCC(C)=O. The number of carbonyl (C=O) groups excluding carboxylic acids is 2. The number of ketones is 1. The Hall–Kier alpha value is -1.72. The zero-order chi connectivity index (χ0) is 11.0. The lowest BCUT2D eigenvalue weighted by Crippen LogP contribution is -2.22. The Morgan fingerprint density at radius 3 is 2.64 bits per heavy atom. The van der Waals surface area contributed by atoms with Crippen LogP contribution in [0.5, 0.6) is 0 Å². The van der Waals surface area contributed by atoms with Crippen LogP contribution in [-0.4, -0.2) is 37.3 Å². The van der Waals surface area contributed by atoms with E-state index in [0.29, 0.717) is 13.0 Å². The van der Waals surface area contributed by atoms with Crippen molar-refractivity contribution in [2.24, 2.45) is 5.10 Å². The monoisotopic (exact) mass is 199 g/mol. The summed E-state index contributed by atoms with van der Waals surface area (Å²) in [6, 6.07) is 0. The molecule has 0 atom stereocenters. The number of ether oxygens (including phenoxy) is 1. The van der Waals surface area contributed by atoms with Gasteiger partial charge in [-0.05, 0) is 6.92 Å². The standard InChI is InChI=1S/C8H13N3O3/c1-6(12)3-4-10-11-7(5-9)8(13)14-2/h5,9-10H,3-4H2,1-2H3/b9-5?,11-7+. The smallest absolute Gasteiger partial charge is 0.360 e. The molecule has 2 N–H and O–H groups in total. The topological polar surface area (TPSA) is 91.6 Å². The second-order valence-corrected chi connectivity index (χ2v) is 2.49. The first-order chi connectivity index (χ1) is 6.61. The van der Waals surface area contributed by atoms with E-state index in [1.807, 2.05) is 0 Å². The van der Waals surface area contributed by atoms with E-state index in [4.69, 9.17) is 5.41 Å². The Labute approximate surface area is 81.8 Å². The summed E-state index contributed by atoms with van der Waals surface area (Å²) in [5, 5.41) is 10.4. The quantitative estimate of drug-likeness (QED) is 0.266. The molecular formula is C8H13N3O3. The summed E-state index contributed by atoms with van der Waals surface area (Å²) in [5.74, 6) is -0.655. The third kappa shape index (κ3) is 5.02. The lowest BCUT2D eigenvalue weighted by atomic mass is 10.3. The second kappa shape index (κ2) is 6.76. The van der Waals surface area contributed by atoms with E-state index in [1.165, 1.54) is 14.0 Å². The Bertz CT molecular complexity index is 261. The Balaban J connectivity index is 3.99. The molecule has 0 spiro atoms. The van der Waals surface area contributed by atoms with E-state index in [9.17, 15) is 9.59 Å². The summed E-state index contributed by atoms with van der Waals surface area (Å²) in [6.45, 7) is 1.80. The number of esters is 1. The molecule has 0 unspecified atom stereocenters. The summed E-state index contributed by atoms with van der Waals surface area (Å²) < 4.78 is 4.35. The summed E-state index contributed by atoms with van der Waals surface area (Å²) >= 11 is 0. The molecule has 6 nitrogen and oxygen atoms in total. The van der Waals surface area contributed by atoms with Crippen LogP contribution in [0.15, 0.2) is 5.10 Å². The van der Waals surface area contributed by atoms with Gasteiger partial charge in [-0.15, -0.1) is 0 Å². The van der Waals surface area contributed by atoms with Gasteiger partial charge < -0.3 is 15.6 Å². The van der Waals surface area contributed by atoms with Crippen molar-refractivity contribution in [3.63, 3.8) is 0 Å². The Morgan fingerprint density at radius 1 is 1.57 bits per heavy atom. The summed E-state index contributed by atoms with van der Waals surface area (Å²) in [4.78, 5) is 21.4. The largest absolute Gasteiger partial charge is 0.464 e. The maximum absolute atomic E-state index is 10.9. The molecule has 0 rings (SSSR count). The summed E-state index contributed by atoms with van der Waals surface area (Å²) in [6.07, 6.45) is 1.11. The van der Waals surface area contributed by atoms with Crippen molar-refractivity contribution < 1.29 is 14.3 Å². The molecule has 6 heteroatoms. The fourth-order valence-corrected chi connectivity index (χ4v) is 0.614. The minimum atomic E-state index is -0.685. The van der Waals surface area contributed by atoms with Crippen molar-refractivity contribution in [3.05, 3.63) is 0 Å². The third-order valence-corrected chi connectivity index (χ3v) is 1.32. The van der Waals surface area contributed by atoms with Gasteiger partial charge in [0.25, 0.3) is 0 Å². The molecule has 0 aromatic heterocycles. The zero-order valence-corrected chi connectivity index (χ0v) is 8.16. The average molecular weight is 199 g/mol. The molecule has 0 bridgehead atoms. The van der Waals surface area contributed by atoms with E-state index in [-0.39, 0.29) is 11.5 Å². The van der Waals surface area contributed by atoms with Crippen molar-refractivity contribution >= 4 is 23.7 Å². The predicted octanol–water partition coefficient (Wildman–Crippen LogP) is -0.266. The second-order valence-electron chi connectivity index (χ2n) is 2.49. The van der Waals surface area contributed by atoms with E-state index in [0.717, 1.165) is 6.21 Å². The highest BCUT2D eigenvalue weighted by atomic mass is 16.5. The van der Waals surface area contributed by atoms with Gasteiger partial charge in [0.15, 0.2) is 5.71 Å². The molecule has 0 aliphatic rings. The van der Waals surface area contributed by atoms with Crippen LogP contribution in [0, 0.1) is 5.41 Å². The molecule has 14 heavy (non-hydrogen) atoms. The molecule has 0 aliphatic carbocycles. The van der Waals surface area contributed by atoms with E-state index in [2.05, 4.69) is 15.3 Å². The molecule has 0 saturated carbocycles. The van der Waals surface area contributed by atoms with Crippen molar-refractivity contribution in [3.8, 4) is 0 Å². The van der Waals surface area contributed by atoms with Crippen molar-refractivity contribution in [2.45, 2.75) is 13.3 Å². The number of hydrogen-bond acceptors (Lipinski definition) is 6. The van der Waals surface area contributed by atoms with Gasteiger partial charge in [0.2, 0.25) is 0 Å². The van der Waals surface area contributed by atoms with E-state index < -0.39 is 5.97 Å². The molecule has 0 radical (unpaired) electrons. The third-order valence-electron chi connectivity index (χ3n) is 1.32. The number of Topliss-reactive ketones (excluding diaryl/α,β-unsaturated/α-hetero) is 1. The van der Waals surface area contributed by atoms with Crippen LogP contribution >= 0.6 is 0 Å². The predicted molar refractivity (Wildman–Crippen MR) is 51.5 cm³/mol. The first kappa shape index (κ1) is 12.3. The maximum Gasteiger partial charge on any atom is 0.360 e. The summed E-state index contributed by atoms with van der Waals surface area (Å²) in [5.41, 5.74) is 2.37. The van der Waals surface area contributed by atoms with Gasteiger partial charge in [-0.25, -0.2) is 4.79 Å². The fourth-order valence-electron chi connectivity index (χ4n) is 0.614. The van der Waals surface area contributed by atoms with E-state index >= 15 is 0 Å². The summed E-state index contributed by atoms with van der Waals surface area (Å²) in [7, 11) is 1.21. The number of rotatable bonds is 6. The van der Waals surface area contributed by atoms with Crippen molar-refractivity contribution in [1.29, 1.82) is 5.41 Å². The number of carbonyl (C=O) groups is 2. The average Bonchev–Trinajstić information content (AvgIpc) is 2.16. The molecule has 0 aliphatic heterocycles. The van der Waals surface area contributed by atoms with Gasteiger partial charge in [0.1, 0.15) is 5.78 Å². The number of hydrogen-bond donors (Lipinski definition) is 2. The fraction of sp³-hybridized carbons (Fsp3) is 0.500. The van der Waals surface area contributed by atoms with Crippen LogP contribution in [0.4, 0.5) is 0 Å². The van der Waals surface area contributed by atoms with Crippen LogP contribution in [0.1, 0.15) is 13.3 Å². The minimum absolute atomic E-state index is 0.0298. The highest BCUT2D eigenvalue weighted by Gasteiger charge is 2.07. The van der Waals surface area contributed by atoms with Crippen molar-refractivity contribution in [2.75, 3.05) is 13.7 Å². The van der Waals surface area contributed by atoms with Crippen molar-refractivity contribution in [1.82, 2.24) is 5.43 Å². The normalized spacial score (nSPS) is 10.6. The van der Waals surface area contributed by atoms with Crippen LogP contribution in [0.2, 0.25) is 0 Å². The lowest BCUT2D eigenvalue weighted by molar-refractivity contribution is -0.132. The number of nitrogens with zero attached hydrogens (tertiary/aromatic N) is 1. The first-order valence-corrected chi connectivity index (χ1v) is 4.00. The van der Waals surface area contributed by atoms with Gasteiger partial charge in [-0.3, -0.25) is 4.79 Å². The molecule has 0 aromatic carbocycles. The Kier molecular flexibility index (Phi) is 5.93. The van der Waals surface area contributed by atoms with Gasteiger partial charge in [0, 0.05) is 13.0 Å². The molecule has 78 valence electrons. The first-order valence-electron chi connectivity index (χ1n) is 4.00. The molecule has 0 heterocycles. The van der Waals surface area contributed by atoms with Crippen LogP contribution in [0.3, 0.4) is 0 Å². The number of hydrazone groups is 1. The minimum Gasteiger partial charge on any atom is -0.464 e. The lowest BCUT2D eigenvalue weighted by Gasteiger charge is -2.00. The molecule has 0 aromatic rings. The van der Waals surface area contributed by atoms with Gasteiger partial charge >= 0.3 is 5.97 Å². The highest BCUT2D eigenvalue weighted by molar-refractivity contribution is 6.58. The van der Waals surface area contributed by atoms with Crippen LogP contribution in [0.25, 0.3) is 0 Å². The molecule has 0 saturated heterocycles. The maximum atomic E-state index is 10.9. The molecule has 0 fully saturated rings. The zero-order valence-electron chi connectivity index (χ0n) is 8.16. The van der Waals surface area contributed by atoms with Gasteiger partial charge in [0.05, 0.1) is 13.3 Å². The van der Waals surface area contributed by atoms with Gasteiger partial charge in [-0.2, -0.15) is 5.10 Å². The van der Waals surface area contributed by atoms with Gasteiger partial charge in [-0.1, -0.05) is 0 Å². The number of methoxy groups -OCH3 is 1. The Morgan fingerprint density at radius 2 is 2.21 bits per heavy atom. The van der Waals surface area contributed by atoms with Crippen LogP contribution < -0.4 is 5.43 Å². The highest BCUT2D eigenvalue weighted by Crippen LogP contribution is 1.81.